The van der Waals surface area contributed by atoms with Crippen LogP contribution in [0.5, 0.6) is 0 Å². The number of carbonyl (C=O) groups is 2. The Balaban J connectivity index is 3.03. The highest BCUT2D eigenvalue weighted by atomic mass is 16.4. The first-order valence-corrected chi connectivity index (χ1v) is 7.38. The number of carboxylic acids is 1. The zero-order chi connectivity index (χ0) is 17.5. The minimum Gasteiger partial charge on any atom is -0.480 e. The predicted molar refractivity (Wildman–Crippen MR) is 90.9 cm³/mol. The lowest BCUT2D eigenvalue weighted by Crippen LogP contribution is -2.62. The molecule has 0 aliphatic heterocycles. The molecule has 4 N–H and O–H groups in total. The molecular weight excluding hydrogens is 292 g/mol. The molecule has 5 nitrogen and oxygen atoms in total. The van der Waals surface area contributed by atoms with Gasteiger partial charge in [0.05, 0.1) is 0 Å². The van der Waals surface area contributed by atoms with Crippen molar-refractivity contribution in [1.82, 2.24) is 5.32 Å². The Hall–Kier alpha value is -2.40. The van der Waals surface area contributed by atoms with Gasteiger partial charge in [0, 0.05) is 0 Å². The summed E-state index contributed by atoms with van der Waals surface area (Å²) < 4.78 is 0. The number of nitrogens with two attached hydrogens (primary N) is 1. The molecule has 23 heavy (non-hydrogen) atoms. The Bertz CT molecular complexity index is 585. The number of rotatable bonds is 9. The number of nitrogens with one attached hydrogen (secondary N) is 1. The number of carbonyl (C=O) groups excluding carboxylic acids is 1. The van der Waals surface area contributed by atoms with Gasteiger partial charge < -0.3 is 16.2 Å². The summed E-state index contributed by atoms with van der Waals surface area (Å²) in [5.74, 6) is -1.65. The summed E-state index contributed by atoms with van der Waals surface area (Å²) in [7, 11) is 0. The van der Waals surface area contributed by atoms with Gasteiger partial charge in [-0.3, -0.25) is 4.79 Å². The number of hydrogen-bond donors (Lipinski definition) is 3. The van der Waals surface area contributed by atoms with Crippen LogP contribution in [-0.4, -0.2) is 28.1 Å². The van der Waals surface area contributed by atoms with Crippen molar-refractivity contribution in [2.45, 2.75) is 37.3 Å². The molecule has 2 atom stereocenters. The third-order valence-corrected chi connectivity index (χ3v) is 3.74. The highest BCUT2D eigenvalue weighted by molar-refractivity contribution is 5.92. The van der Waals surface area contributed by atoms with Crippen molar-refractivity contribution >= 4 is 11.9 Å². The smallest absolute Gasteiger partial charge is 0.329 e. The quantitative estimate of drug-likeness (QED) is 0.608. The van der Waals surface area contributed by atoms with Crippen molar-refractivity contribution in [2.75, 3.05) is 0 Å². The van der Waals surface area contributed by atoms with Crippen molar-refractivity contribution in [3.05, 3.63) is 61.2 Å². The molecule has 0 fully saturated rings. The van der Waals surface area contributed by atoms with E-state index in [1.54, 1.807) is 6.08 Å². The van der Waals surface area contributed by atoms with E-state index >= 15 is 0 Å². The first-order chi connectivity index (χ1) is 10.8. The van der Waals surface area contributed by atoms with Crippen molar-refractivity contribution in [1.29, 1.82) is 0 Å². The monoisotopic (exact) mass is 316 g/mol. The van der Waals surface area contributed by atoms with Crippen molar-refractivity contribution < 1.29 is 14.7 Å². The zero-order valence-corrected chi connectivity index (χ0v) is 13.4. The van der Waals surface area contributed by atoms with Crippen LogP contribution >= 0.6 is 0 Å². The molecule has 0 saturated carbocycles. The van der Waals surface area contributed by atoms with Gasteiger partial charge in [-0.05, 0) is 31.7 Å². The molecular formula is C18H24N2O3. The van der Waals surface area contributed by atoms with Gasteiger partial charge in [0.1, 0.15) is 11.1 Å². The summed E-state index contributed by atoms with van der Waals surface area (Å²) in [4.78, 5) is 24.1. The lowest BCUT2D eigenvalue weighted by atomic mass is 9.86. The number of aliphatic carboxylic acids is 1. The summed E-state index contributed by atoms with van der Waals surface area (Å²) in [6, 6.07) is 9.35. The average Bonchev–Trinajstić information content (AvgIpc) is 2.48. The molecule has 1 amide bonds. The van der Waals surface area contributed by atoms with Gasteiger partial charge >= 0.3 is 5.97 Å². The largest absolute Gasteiger partial charge is 0.480 e. The maximum absolute atomic E-state index is 12.7. The molecule has 0 aliphatic rings. The van der Waals surface area contributed by atoms with Crippen LogP contribution < -0.4 is 11.1 Å². The highest BCUT2D eigenvalue weighted by Gasteiger charge is 2.40. The highest BCUT2D eigenvalue weighted by Crippen LogP contribution is 2.19. The number of benzene rings is 1. The Morgan fingerprint density at radius 2 is 1.78 bits per heavy atom. The van der Waals surface area contributed by atoms with Crippen LogP contribution in [0.1, 0.15) is 25.3 Å². The second-order valence-corrected chi connectivity index (χ2v) is 5.90. The first-order valence-electron chi connectivity index (χ1n) is 7.38. The van der Waals surface area contributed by atoms with E-state index in [2.05, 4.69) is 18.5 Å². The van der Waals surface area contributed by atoms with Crippen LogP contribution in [0, 0.1) is 0 Å². The van der Waals surface area contributed by atoms with Gasteiger partial charge in [-0.1, -0.05) is 42.5 Å². The molecule has 124 valence electrons. The normalized spacial score (nSPS) is 15.7. The molecule has 0 unspecified atom stereocenters. The molecule has 0 saturated heterocycles. The van der Waals surface area contributed by atoms with E-state index in [1.165, 1.54) is 13.0 Å². The van der Waals surface area contributed by atoms with Gasteiger partial charge in [0.15, 0.2) is 0 Å². The van der Waals surface area contributed by atoms with Crippen LogP contribution in [0.2, 0.25) is 0 Å². The molecule has 1 aromatic carbocycles. The second-order valence-electron chi connectivity index (χ2n) is 5.90. The van der Waals surface area contributed by atoms with Crippen LogP contribution in [0.15, 0.2) is 55.6 Å². The van der Waals surface area contributed by atoms with E-state index < -0.39 is 23.0 Å². The van der Waals surface area contributed by atoms with Crippen molar-refractivity contribution in [3.63, 3.8) is 0 Å². The fourth-order valence-corrected chi connectivity index (χ4v) is 2.32. The van der Waals surface area contributed by atoms with Crippen molar-refractivity contribution in [2.24, 2.45) is 5.73 Å². The van der Waals surface area contributed by atoms with Gasteiger partial charge in [-0.15, -0.1) is 13.2 Å². The molecule has 0 aromatic heterocycles. The minimum atomic E-state index is -1.44. The van der Waals surface area contributed by atoms with Gasteiger partial charge in [0.25, 0.3) is 0 Å². The summed E-state index contributed by atoms with van der Waals surface area (Å²) in [6.45, 7) is 8.62. The molecule has 0 heterocycles. The molecule has 5 heteroatoms. The van der Waals surface area contributed by atoms with E-state index in [0.29, 0.717) is 0 Å². The van der Waals surface area contributed by atoms with Crippen LogP contribution in [0.25, 0.3) is 0 Å². The Morgan fingerprint density at radius 3 is 2.26 bits per heavy atom. The third kappa shape index (κ3) is 4.79. The standard InChI is InChI=1S/C18H24N2O3/c1-4-11-17(3,16(22)23)20-15(21)18(19,12-5-2)13-14-9-7-6-8-10-14/h4-10H,1-2,11-13,19H2,3H3,(H,20,21)(H,22,23)/t17-,18-/m0/s1. The van der Waals surface area contributed by atoms with E-state index in [4.69, 9.17) is 5.73 Å². The van der Waals surface area contributed by atoms with Crippen LogP contribution in [-0.2, 0) is 16.0 Å². The van der Waals surface area contributed by atoms with Gasteiger partial charge in [-0.2, -0.15) is 0 Å². The summed E-state index contributed by atoms with van der Waals surface area (Å²) >= 11 is 0. The van der Waals surface area contributed by atoms with Crippen LogP contribution in [0.3, 0.4) is 0 Å². The first kappa shape index (κ1) is 18.6. The lowest BCUT2D eigenvalue weighted by Gasteiger charge is -2.33. The third-order valence-electron chi connectivity index (χ3n) is 3.74. The van der Waals surface area contributed by atoms with E-state index in [-0.39, 0.29) is 19.3 Å². The molecule has 0 radical (unpaired) electrons. The summed E-state index contributed by atoms with van der Waals surface area (Å²) in [6.07, 6.45) is 3.64. The number of carboxylic acid groups (broad SMARTS) is 1. The SMILES string of the molecule is C=CC[C@](N)(Cc1ccccc1)C(=O)N[C@@](C)(CC=C)C(=O)O. The van der Waals surface area contributed by atoms with Gasteiger partial charge in [-0.25, -0.2) is 4.79 Å². The fourth-order valence-electron chi connectivity index (χ4n) is 2.32. The molecule has 1 rings (SSSR count). The molecule has 0 bridgehead atoms. The number of amides is 1. The Morgan fingerprint density at radius 1 is 1.22 bits per heavy atom. The van der Waals surface area contributed by atoms with E-state index in [0.717, 1.165) is 5.56 Å². The minimum absolute atomic E-state index is 0.101. The number of hydrogen-bond acceptors (Lipinski definition) is 3. The van der Waals surface area contributed by atoms with E-state index in [9.17, 15) is 14.7 Å². The maximum atomic E-state index is 12.7. The van der Waals surface area contributed by atoms with E-state index in [1.807, 2.05) is 30.3 Å². The summed E-state index contributed by atoms with van der Waals surface area (Å²) in [5, 5.41) is 11.9. The van der Waals surface area contributed by atoms with Crippen LogP contribution in [0.4, 0.5) is 0 Å². The maximum Gasteiger partial charge on any atom is 0.329 e. The topological polar surface area (TPSA) is 92.4 Å². The Kier molecular flexibility index (Phi) is 6.28. The summed E-state index contributed by atoms with van der Waals surface area (Å²) in [5.41, 5.74) is 4.48. The Labute approximate surface area is 136 Å². The van der Waals surface area contributed by atoms with Gasteiger partial charge in [0.2, 0.25) is 5.91 Å². The fraction of sp³-hybridized carbons (Fsp3) is 0.333. The second kappa shape index (κ2) is 7.74. The lowest BCUT2D eigenvalue weighted by molar-refractivity contribution is -0.147. The predicted octanol–water partition coefficient (Wildman–Crippen LogP) is 2.04. The zero-order valence-electron chi connectivity index (χ0n) is 13.4. The molecule has 1 aromatic rings. The molecule has 0 aliphatic carbocycles. The van der Waals surface area contributed by atoms with Crippen molar-refractivity contribution in [3.8, 4) is 0 Å². The molecule has 0 spiro atoms. The average molecular weight is 316 g/mol.